The van der Waals surface area contributed by atoms with E-state index in [1.54, 1.807) is 6.26 Å². The fourth-order valence-corrected chi connectivity index (χ4v) is 3.15. The van der Waals surface area contributed by atoms with Crippen LogP contribution in [0.4, 0.5) is 0 Å². The van der Waals surface area contributed by atoms with Gasteiger partial charge in [0, 0.05) is 12.8 Å². The van der Waals surface area contributed by atoms with Gasteiger partial charge in [-0.25, -0.2) is 4.79 Å². The average Bonchev–Trinajstić information content (AvgIpc) is 2.75. The van der Waals surface area contributed by atoms with Gasteiger partial charge < -0.3 is 42.7 Å². The summed E-state index contributed by atoms with van der Waals surface area (Å²) in [5, 5.41) is 33.5. The highest BCUT2D eigenvalue weighted by molar-refractivity contribution is 7.98. The molecule has 4 unspecified atom stereocenters. The maximum Gasteiger partial charge on any atom is 0.326 e. The number of amides is 4. The second-order valence-corrected chi connectivity index (χ2v) is 8.43. The van der Waals surface area contributed by atoms with Crippen LogP contribution in [0.25, 0.3) is 0 Å². The fourth-order valence-electron chi connectivity index (χ4n) is 2.66. The highest BCUT2D eigenvalue weighted by Crippen LogP contribution is 2.05. The van der Waals surface area contributed by atoms with Gasteiger partial charge in [0.1, 0.15) is 18.1 Å². The summed E-state index contributed by atoms with van der Waals surface area (Å²) in [6.07, 6.45) is -0.552. The molecule has 0 aromatic heterocycles. The molecular weight excluding hydrogens is 490 g/mol. The summed E-state index contributed by atoms with van der Waals surface area (Å²) < 4.78 is 0. The number of carboxylic acid groups (broad SMARTS) is 3. The Labute approximate surface area is 204 Å². The molecule has 0 fully saturated rings. The second kappa shape index (κ2) is 16.3. The molecular formula is C19H31N5O10S. The molecule has 198 valence electrons. The summed E-state index contributed by atoms with van der Waals surface area (Å²) in [5.74, 6) is -7.57. The molecule has 0 saturated heterocycles. The minimum Gasteiger partial charge on any atom is -0.481 e. The smallest absolute Gasteiger partial charge is 0.326 e. The minimum atomic E-state index is -1.77. The minimum absolute atomic E-state index is 0.278. The third kappa shape index (κ3) is 13.8. The number of nitrogens with one attached hydrogen (secondary N) is 3. The molecule has 4 amide bonds. The predicted octanol–water partition coefficient (Wildman–Crippen LogP) is -2.79. The van der Waals surface area contributed by atoms with E-state index in [1.807, 2.05) is 5.32 Å². The van der Waals surface area contributed by atoms with E-state index in [4.69, 9.17) is 21.7 Å². The number of carbonyl (C=O) groups is 7. The molecule has 0 aliphatic heterocycles. The molecule has 16 heteroatoms. The van der Waals surface area contributed by atoms with Gasteiger partial charge in [0.15, 0.2) is 0 Å². The van der Waals surface area contributed by atoms with Crippen LogP contribution in [0.2, 0.25) is 0 Å². The third-order valence-electron chi connectivity index (χ3n) is 4.56. The van der Waals surface area contributed by atoms with Crippen LogP contribution in [-0.4, -0.2) is 93.0 Å². The molecule has 0 aromatic carbocycles. The zero-order chi connectivity index (χ0) is 27.1. The van der Waals surface area contributed by atoms with Crippen LogP contribution in [0.15, 0.2) is 0 Å². The van der Waals surface area contributed by atoms with Gasteiger partial charge in [-0.15, -0.1) is 0 Å². The number of carbonyl (C=O) groups excluding carboxylic acids is 4. The largest absolute Gasteiger partial charge is 0.481 e. The number of hydrogen-bond donors (Lipinski definition) is 8. The molecule has 4 atom stereocenters. The van der Waals surface area contributed by atoms with Gasteiger partial charge in [-0.2, -0.15) is 11.8 Å². The first-order valence-electron chi connectivity index (χ1n) is 10.4. The van der Waals surface area contributed by atoms with Crippen molar-refractivity contribution >= 4 is 53.3 Å². The lowest BCUT2D eigenvalue weighted by atomic mass is 10.1. The predicted molar refractivity (Wildman–Crippen MR) is 122 cm³/mol. The van der Waals surface area contributed by atoms with Gasteiger partial charge in [-0.3, -0.25) is 28.8 Å². The summed E-state index contributed by atoms with van der Waals surface area (Å²) in [7, 11) is 0. The zero-order valence-corrected chi connectivity index (χ0v) is 19.8. The second-order valence-electron chi connectivity index (χ2n) is 7.44. The number of aliphatic carboxylic acids is 3. The van der Waals surface area contributed by atoms with E-state index >= 15 is 0 Å². The van der Waals surface area contributed by atoms with Crippen LogP contribution in [0.1, 0.15) is 38.5 Å². The van der Waals surface area contributed by atoms with E-state index in [0.717, 1.165) is 0 Å². The quantitative estimate of drug-likeness (QED) is 0.0909. The average molecular weight is 522 g/mol. The SMILES string of the molecule is CSCCC(N)C(=O)NC(CCC(N)=O)C(=O)NC(CC(=O)O)C(=O)NC(CCC(=O)O)C(=O)O. The van der Waals surface area contributed by atoms with Gasteiger partial charge in [0.05, 0.1) is 12.5 Å². The van der Waals surface area contributed by atoms with Crippen molar-refractivity contribution in [1.29, 1.82) is 0 Å². The van der Waals surface area contributed by atoms with E-state index in [9.17, 15) is 38.7 Å². The van der Waals surface area contributed by atoms with Gasteiger partial charge in [0.25, 0.3) is 0 Å². The van der Waals surface area contributed by atoms with E-state index in [1.165, 1.54) is 11.8 Å². The van der Waals surface area contributed by atoms with E-state index in [-0.39, 0.29) is 19.3 Å². The highest BCUT2D eigenvalue weighted by atomic mass is 32.2. The van der Waals surface area contributed by atoms with E-state index in [0.29, 0.717) is 5.75 Å². The van der Waals surface area contributed by atoms with Gasteiger partial charge in [-0.1, -0.05) is 0 Å². The lowest BCUT2D eigenvalue weighted by Gasteiger charge is -2.24. The van der Waals surface area contributed by atoms with Crippen molar-refractivity contribution in [2.24, 2.45) is 11.5 Å². The van der Waals surface area contributed by atoms with Gasteiger partial charge in [0.2, 0.25) is 23.6 Å². The number of carboxylic acids is 3. The Morgan fingerprint density at radius 1 is 0.743 bits per heavy atom. The Hall–Kier alpha value is -3.40. The summed E-state index contributed by atoms with van der Waals surface area (Å²) in [4.78, 5) is 82.0. The molecule has 0 rings (SSSR count). The van der Waals surface area contributed by atoms with Crippen molar-refractivity contribution in [2.45, 2.75) is 62.7 Å². The standard InChI is InChI=1S/C19H31N5O10S/c1-35-7-6-9(20)16(30)22-10(2-4-13(21)25)17(31)24-12(8-15(28)29)18(32)23-11(19(33)34)3-5-14(26)27/h9-12H,2-8,20H2,1H3,(H2,21,25)(H,22,30)(H,23,32)(H,24,31)(H,26,27)(H,28,29)(H,33,34). The maximum absolute atomic E-state index is 12.8. The monoisotopic (exact) mass is 521 g/mol. The van der Waals surface area contributed by atoms with E-state index < -0.39 is 85.0 Å². The van der Waals surface area contributed by atoms with Crippen molar-refractivity contribution in [3.8, 4) is 0 Å². The van der Waals surface area contributed by atoms with Crippen molar-refractivity contribution in [1.82, 2.24) is 16.0 Å². The molecule has 0 aliphatic rings. The van der Waals surface area contributed by atoms with Crippen LogP contribution in [-0.2, 0) is 33.6 Å². The van der Waals surface area contributed by atoms with Crippen molar-refractivity contribution < 1.29 is 48.9 Å². The Morgan fingerprint density at radius 2 is 1.26 bits per heavy atom. The van der Waals surface area contributed by atoms with Crippen LogP contribution >= 0.6 is 11.8 Å². The third-order valence-corrected chi connectivity index (χ3v) is 5.20. The number of primary amides is 1. The first-order chi connectivity index (χ1) is 16.3. The molecule has 0 aliphatic carbocycles. The fraction of sp³-hybridized carbons (Fsp3) is 0.632. The number of rotatable bonds is 18. The van der Waals surface area contributed by atoms with Crippen LogP contribution < -0.4 is 27.4 Å². The topological polar surface area (TPSA) is 268 Å². The van der Waals surface area contributed by atoms with Crippen LogP contribution in [0.5, 0.6) is 0 Å². The normalized spacial score (nSPS) is 14.0. The molecule has 0 saturated carbocycles. The Morgan fingerprint density at radius 3 is 1.74 bits per heavy atom. The molecule has 35 heavy (non-hydrogen) atoms. The first kappa shape index (κ1) is 31.6. The molecule has 0 heterocycles. The molecule has 0 bridgehead atoms. The summed E-state index contributed by atoms with van der Waals surface area (Å²) in [5.41, 5.74) is 10.9. The van der Waals surface area contributed by atoms with Crippen LogP contribution in [0, 0.1) is 0 Å². The highest BCUT2D eigenvalue weighted by Gasteiger charge is 2.31. The lowest BCUT2D eigenvalue weighted by Crippen LogP contribution is -2.57. The molecule has 0 radical (unpaired) electrons. The Bertz CT molecular complexity index is 809. The molecule has 15 nitrogen and oxygen atoms in total. The lowest BCUT2D eigenvalue weighted by molar-refractivity contribution is -0.144. The van der Waals surface area contributed by atoms with Gasteiger partial charge >= 0.3 is 17.9 Å². The Kier molecular flexibility index (Phi) is 14.7. The molecule has 0 spiro atoms. The van der Waals surface area contributed by atoms with Crippen molar-refractivity contribution in [2.75, 3.05) is 12.0 Å². The van der Waals surface area contributed by atoms with Gasteiger partial charge in [-0.05, 0) is 31.3 Å². The van der Waals surface area contributed by atoms with E-state index in [2.05, 4.69) is 10.6 Å². The number of thioether (sulfide) groups is 1. The molecule has 0 aromatic rings. The van der Waals surface area contributed by atoms with Crippen molar-refractivity contribution in [3.63, 3.8) is 0 Å². The maximum atomic E-state index is 12.8. The number of nitrogens with two attached hydrogens (primary N) is 2. The van der Waals surface area contributed by atoms with Crippen LogP contribution in [0.3, 0.4) is 0 Å². The number of hydrogen-bond acceptors (Lipinski definition) is 9. The summed E-state index contributed by atoms with van der Waals surface area (Å²) >= 11 is 1.44. The zero-order valence-electron chi connectivity index (χ0n) is 19.0. The van der Waals surface area contributed by atoms with Crippen molar-refractivity contribution in [3.05, 3.63) is 0 Å². The molecule has 10 N–H and O–H groups in total. The Balaban J connectivity index is 5.55. The summed E-state index contributed by atoms with van der Waals surface area (Å²) in [6.45, 7) is 0. The first-order valence-corrected chi connectivity index (χ1v) is 11.8. The summed E-state index contributed by atoms with van der Waals surface area (Å²) in [6, 6.07) is -5.81.